The molecule has 1 amide bonds. The van der Waals surface area contributed by atoms with Crippen LogP contribution in [-0.2, 0) is 9.53 Å². The lowest BCUT2D eigenvalue weighted by molar-refractivity contribution is -0.149. The Morgan fingerprint density at radius 2 is 2.18 bits per heavy atom. The molecular weight excluding hydrogens is 218 g/mol. The third kappa shape index (κ3) is 3.19. The van der Waals surface area contributed by atoms with Crippen LogP contribution in [0.1, 0.15) is 34.1 Å². The van der Waals surface area contributed by atoms with Crippen molar-refractivity contribution in [2.24, 2.45) is 11.3 Å². The molecule has 1 saturated heterocycles. The molecule has 0 bridgehead atoms. The molecule has 1 aliphatic heterocycles. The summed E-state index contributed by atoms with van der Waals surface area (Å²) < 4.78 is 5.09. The van der Waals surface area contributed by atoms with E-state index in [1.165, 1.54) is 0 Å². The molecule has 17 heavy (non-hydrogen) atoms. The molecule has 2 atom stereocenters. The molecule has 0 aromatic carbocycles. The lowest BCUT2D eigenvalue weighted by atomic mass is 9.82. The number of ether oxygens (including phenoxy) is 1. The molecule has 4 heteroatoms. The minimum atomic E-state index is -0.651. The number of methoxy groups -OCH3 is 1. The Labute approximate surface area is 104 Å². The van der Waals surface area contributed by atoms with Crippen molar-refractivity contribution in [2.75, 3.05) is 26.8 Å². The van der Waals surface area contributed by atoms with Gasteiger partial charge >= 0.3 is 0 Å². The van der Waals surface area contributed by atoms with E-state index in [0.717, 1.165) is 0 Å². The molecular formula is C13H25NO3. The van der Waals surface area contributed by atoms with Crippen LogP contribution >= 0.6 is 0 Å². The second-order valence-corrected chi connectivity index (χ2v) is 6.08. The second kappa shape index (κ2) is 4.94. The normalized spacial score (nSPS) is 30.5. The molecule has 1 N–H and O–H groups in total. The van der Waals surface area contributed by atoms with Gasteiger partial charge in [0.1, 0.15) is 0 Å². The molecule has 0 aromatic rings. The predicted octanol–water partition coefficient (Wildman–Crippen LogP) is 1.28. The summed E-state index contributed by atoms with van der Waals surface area (Å²) in [4.78, 5) is 14.2. The summed E-state index contributed by atoms with van der Waals surface area (Å²) in [6.07, 6.45) is 0.642. The van der Waals surface area contributed by atoms with Crippen molar-refractivity contribution < 1.29 is 14.6 Å². The number of piperidine rings is 1. The highest BCUT2D eigenvalue weighted by atomic mass is 16.5. The lowest BCUT2D eigenvalue weighted by Gasteiger charge is -2.43. The highest BCUT2D eigenvalue weighted by molar-refractivity contribution is 5.82. The summed E-state index contributed by atoms with van der Waals surface area (Å²) in [6.45, 7) is 9.31. The van der Waals surface area contributed by atoms with Gasteiger partial charge in [0.15, 0.2) is 0 Å². The van der Waals surface area contributed by atoms with Crippen molar-refractivity contribution in [3.8, 4) is 0 Å². The summed E-state index contributed by atoms with van der Waals surface area (Å²) >= 11 is 0. The van der Waals surface area contributed by atoms with E-state index < -0.39 is 11.0 Å². The van der Waals surface area contributed by atoms with Crippen LogP contribution in [0.2, 0.25) is 0 Å². The standard InChI is InChI=1S/C13H25NO3/c1-10-8-14(7-6-13(10,4)16)11(15)12(2,3)9-17-5/h10,16H,6-9H2,1-5H3/t10-,13+/m1/s1. The Morgan fingerprint density at radius 3 is 2.65 bits per heavy atom. The predicted molar refractivity (Wildman–Crippen MR) is 66.6 cm³/mol. The molecule has 0 radical (unpaired) electrons. The largest absolute Gasteiger partial charge is 0.390 e. The minimum absolute atomic E-state index is 0.110. The summed E-state index contributed by atoms with van der Waals surface area (Å²) in [7, 11) is 1.61. The number of rotatable bonds is 3. The van der Waals surface area contributed by atoms with E-state index in [0.29, 0.717) is 26.1 Å². The van der Waals surface area contributed by atoms with Crippen LogP contribution in [0.4, 0.5) is 0 Å². The Morgan fingerprint density at radius 1 is 1.59 bits per heavy atom. The first kappa shape index (κ1) is 14.5. The molecule has 1 rings (SSSR count). The van der Waals surface area contributed by atoms with E-state index in [4.69, 9.17) is 4.74 Å². The zero-order chi connectivity index (χ0) is 13.3. The van der Waals surface area contributed by atoms with E-state index in [-0.39, 0.29) is 11.8 Å². The topological polar surface area (TPSA) is 49.8 Å². The van der Waals surface area contributed by atoms with Gasteiger partial charge in [0, 0.05) is 26.1 Å². The van der Waals surface area contributed by atoms with Gasteiger partial charge in [-0.3, -0.25) is 4.79 Å². The van der Waals surface area contributed by atoms with Gasteiger partial charge in [-0.25, -0.2) is 0 Å². The Kier molecular flexibility index (Phi) is 4.20. The van der Waals surface area contributed by atoms with Crippen molar-refractivity contribution in [3.05, 3.63) is 0 Å². The Balaban J connectivity index is 2.67. The number of hydrogen-bond donors (Lipinski definition) is 1. The quantitative estimate of drug-likeness (QED) is 0.812. The Hall–Kier alpha value is -0.610. The van der Waals surface area contributed by atoms with Gasteiger partial charge in [-0.1, -0.05) is 6.92 Å². The van der Waals surface area contributed by atoms with E-state index in [2.05, 4.69) is 0 Å². The summed E-state index contributed by atoms with van der Waals surface area (Å²) in [5.41, 5.74) is -1.14. The third-order valence-electron chi connectivity index (χ3n) is 3.82. The number of nitrogens with zero attached hydrogens (tertiary/aromatic N) is 1. The fraction of sp³-hybridized carbons (Fsp3) is 0.923. The summed E-state index contributed by atoms with van der Waals surface area (Å²) in [6, 6.07) is 0. The first-order chi connectivity index (χ1) is 7.70. The Bertz CT molecular complexity index is 286. The van der Waals surface area contributed by atoms with Gasteiger partial charge in [0.05, 0.1) is 17.6 Å². The van der Waals surface area contributed by atoms with Crippen molar-refractivity contribution in [3.63, 3.8) is 0 Å². The van der Waals surface area contributed by atoms with Gasteiger partial charge < -0.3 is 14.7 Å². The first-order valence-corrected chi connectivity index (χ1v) is 6.21. The van der Waals surface area contributed by atoms with Crippen molar-refractivity contribution >= 4 is 5.91 Å². The van der Waals surface area contributed by atoms with Crippen LogP contribution in [0, 0.1) is 11.3 Å². The van der Waals surface area contributed by atoms with Crippen LogP contribution in [0.5, 0.6) is 0 Å². The average molecular weight is 243 g/mol. The monoisotopic (exact) mass is 243 g/mol. The smallest absolute Gasteiger partial charge is 0.230 e. The van der Waals surface area contributed by atoms with Gasteiger partial charge in [0.25, 0.3) is 0 Å². The number of carbonyl (C=O) groups is 1. The third-order valence-corrected chi connectivity index (χ3v) is 3.82. The van der Waals surface area contributed by atoms with Crippen LogP contribution in [-0.4, -0.2) is 48.3 Å². The highest BCUT2D eigenvalue weighted by Crippen LogP contribution is 2.30. The lowest BCUT2D eigenvalue weighted by Crippen LogP contribution is -2.54. The maximum absolute atomic E-state index is 12.3. The fourth-order valence-corrected chi connectivity index (χ4v) is 2.26. The van der Waals surface area contributed by atoms with Crippen molar-refractivity contribution in [1.29, 1.82) is 0 Å². The van der Waals surface area contributed by atoms with Crippen LogP contribution in [0.25, 0.3) is 0 Å². The van der Waals surface area contributed by atoms with Crippen molar-refractivity contribution in [1.82, 2.24) is 4.90 Å². The number of hydrogen-bond acceptors (Lipinski definition) is 3. The maximum Gasteiger partial charge on any atom is 0.230 e. The van der Waals surface area contributed by atoms with Gasteiger partial charge in [0.2, 0.25) is 5.91 Å². The molecule has 0 unspecified atom stereocenters. The number of aliphatic hydroxyl groups is 1. The molecule has 4 nitrogen and oxygen atoms in total. The van der Waals surface area contributed by atoms with E-state index >= 15 is 0 Å². The molecule has 1 fully saturated rings. The molecule has 0 aliphatic carbocycles. The maximum atomic E-state index is 12.3. The SMILES string of the molecule is COCC(C)(C)C(=O)N1CC[C@](C)(O)[C@H](C)C1. The van der Waals surface area contributed by atoms with Crippen LogP contribution < -0.4 is 0 Å². The van der Waals surface area contributed by atoms with Gasteiger partial charge in [-0.15, -0.1) is 0 Å². The molecule has 0 spiro atoms. The summed E-state index contributed by atoms with van der Waals surface area (Å²) in [5, 5.41) is 10.1. The van der Waals surface area contributed by atoms with E-state index in [1.54, 1.807) is 7.11 Å². The van der Waals surface area contributed by atoms with E-state index in [9.17, 15) is 9.90 Å². The molecule has 0 aromatic heterocycles. The highest BCUT2D eigenvalue weighted by Gasteiger charge is 2.40. The van der Waals surface area contributed by atoms with Crippen LogP contribution in [0.3, 0.4) is 0 Å². The van der Waals surface area contributed by atoms with Crippen LogP contribution in [0.15, 0.2) is 0 Å². The molecule has 1 aliphatic rings. The number of amides is 1. The van der Waals surface area contributed by atoms with E-state index in [1.807, 2.05) is 32.6 Å². The second-order valence-electron chi connectivity index (χ2n) is 6.08. The number of likely N-dealkylation sites (tertiary alicyclic amines) is 1. The molecule has 100 valence electrons. The molecule has 0 saturated carbocycles. The number of carbonyl (C=O) groups excluding carboxylic acids is 1. The van der Waals surface area contributed by atoms with Gasteiger partial charge in [-0.2, -0.15) is 0 Å². The van der Waals surface area contributed by atoms with Gasteiger partial charge in [-0.05, 0) is 27.2 Å². The average Bonchev–Trinajstić information content (AvgIpc) is 2.21. The fourth-order valence-electron chi connectivity index (χ4n) is 2.26. The van der Waals surface area contributed by atoms with Crippen molar-refractivity contribution in [2.45, 2.75) is 39.7 Å². The summed E-state index contributed by atoms with van der Waals surface area (Å²) in [5.74, 6) is 0.222. The zero-order valence-electron chi connectivity index (χ0n) is 11.6. The zero-order valence-corrected chi connectivity index (χ0v) is 11.6. The molecule has 1 heterocycles. The first-order valence-electron chi connectivity index (χ1n) is 6.21. The minimum Gasteiger partial charge on any atom is -0.390 e.